The predicted octanol–water partition coefficient (Wildman–Crippen LogP) is 4.67. The highest BCUT2D eigenvalue weighted by molar-refractivity contribution is 9.08. The maximum Gasteiger partial charge on any atom is 0.359 e. The monoisotopic (exact) mass is 520 g/mol. The van der Waals surface area contributed by atoms with Crippen molar-refractivity contribution in [1.82, 2.24) is 0 Å². The van der Waals surface area contributed by atoms with E-state index in [4.69, 9.17) is 18.9 Å². The van der Waals surface area contributed by atoms with E-state index in [1.165, 1.54) is 21.1 Å². The molecule has 0 radical (unpaired) electrons. The number of methoxy groups -OCH3 is 2. The normalized spacial score (nSPS) is 12.9. The van der Waals surface area contributed by atoms with Crippen LogP contribution in [0, 0.1) is 0 Å². The number of carbonyl (C=O) groups is 3. The lowest BCUT2D eigenvalue weighted by Crippen LogP contribution is -2.54. The predicted molar refractivity (Wildman–Crippen MR) is 127 cm³/mol. The Morgan fingerprint density at radius 2 is 1.39 bits per heavy atom. The number of Topliss-reactive ketones (excluding diaryl/α,β-unsaturated/α-hetero) is 1. The molecule has 2 rings (SSSR count). The molecule has 0 amide bonds. The standard InChI is InChI=1S/C25H29BrO7/c1-16(27)25(23(29)33-24(2,3)4,32-22(28)17-10-8-7-9-11-17)14-18-19(15-26)21(31-6)13-12-20(18)30-5/h7-13H,14-15H2,1-6H3. The number of ether oxygens (including phenoxy) is 4. The van der Waals surface area contributed by atoms with Crippen LogP contribution in [-0.4, -0.2) is 43.1 Å². The maximum atomic E-state index is 13.4. The molecule has 0 aliphatic carbocycles. The molecule has 0 aliphatic rings. The van der Waals surface area contributed by atoms with E-state index in [2.05, 4.69) is 15.9 Å². The van der Waals surface area contributed by atoms with Crippen LogP contribution < -0.4 is 9.47 Å². The summed E-state index contributed by atoms with van der Waals surface area (Å²) in [6.07, 6.45) is -0.295. The van der Waals surface area contributed by atoms with Crippen molar-refractivity contribution >= 4 is 33.7 Å². The number of esters is 2. The minimum atomic E-state index is -2.24. The molecule has 0 bridgehead atoms. The van der Waals surface area contributed by atoms with Gasteiger partial charge in [-0.25, -0.2) is 9.59 Å². The number of benzene rings is 2. The summed E-state index contributed by atoms with van der Waals surface area (Å²) in [4.78, 5) is 39.5. The highest BCUT2D eigenvalue weighted by atomic mass is 79.9. The Bertz CT molecular complexity index is 1010. The molecule has 0 spiro atoms. The molecule has 2 aromatic carbocycles. The molecule has 0 saturated carbocycles. The molecule has 0 N–H and O–H groups in total. The third kappa shape index (κ3) is 6.13. The van der Waals surface area contributed by atoms with Crippen LogP contribution in [0.2, 0.25) is 0 Å². The summed E-state index contributed by atoms with van der Waals surface area (Å²) in [6, 6.07) is 11.5. The van der Waals surface area contributed by atoms with Crippen molar-refractivity contribution in [2.45, 2.75) is 50.6 Å². The van der Waals surface area contributed by atoms with Crippen molar-refractivity contribution in [2.75, 3.05) is 14.2 Å². The lowest BCUT2D eigenvalue weighted by molar-refractivity contribution is -0.180. The number of alkyl halides is 1. The summed E-state index contributed by atoms with van der Waals surface area (Å²) in [5, 5.41) is 0.345. The second-order valence-corrected chi connectivity index (χ2v) is 8.94. The second-order valence-electron chi connectivity index (χ2n) is 8.38. The van der Waals surface area contributed by atoms with Gasteiger partial charge in [-0.3, -0.25) is 4.79 Å². The maximum absolute atomic E-state index is 13.4. The van der Waals surface area contributed by atoms with E-state index < -0.39 is 28.9 Å². The van der Waals surface area contributed by atoms with Gasteiger partial charge in [-0.2, -0.15) is 0 Å². The molecule has 0 heterocycles. The van der Waals surface area contributed by atoms with Gasteiger partial charge in [-0.15, -0.1) is 0 Å². The van der Waals surface area contributed by atoms with Crippen LogP contribution in [0.4, 0.5) is 0 Å². The Kier molecular flexibility index (Phi) is 8.66. The highest BCUT2D eigenvalue weighted by Crippen LogP contribution is 2.37. The van der Waals surface area contributed by atoms with Crippen LogP contribution in [-0.2, 0) is 30.8 Å². The lowest BCUT2D eigenvalue weighted by Gasteiger charge is -2.33. The molecule has 1 atom stereocenters. The molecule has 178 valence electrons. The van der Waals surface area contributed by atoms with Crippen molar-refractivity contribution in [3.63, 3.8) is 0 Å². The van der Waals surface area contributed by atoms with Crippen LogP contribution in [0.15, 0.2) is 42.5 Å². The number of carbonyl (C=O) groups excluding carboxylic acids is 3. The van der Waals surface area contributed by atoms with E-state index in [-0.39, 0.29) is 12.0 Å². The molecular formula is C25H29BrO7. The van der Waals surface area contributed by atoms with Gasteiger partial charge in [-0.1, -0.05) is 34.1 Å². The van der Waals surface area contributed by atoms with Gasteiger partial charge < -0.3 is 18.9 Å². The fraction of sp³-hybridized carbons (Fsp3) is 0.400. The van der Waals surface area contributed by atoms with Gasteiger partial charge >= 0.3 is 11.9 Å². The Morgan fingerprint density at radius 1 is 0.848 bits per heavy atom. The minimum Gasteiger partial charge on any atom is -0.496 e. The summed E-state index contributed by atoms with van der Waals surface area (Å²) < 4.78 is 22.2. The highest BCUT2D eigenvalue weighted by Gasteiger charge is 2.51. The SMILES string of the molecule is COc1ccc(OC)c(CC(OC(=O)c2ccccc2)(C(C)=O)C(=O)OC(C)(C)C)c1CBr. The summed E-state index contributed by atoms with van der Waals surface area (Å²) in [6.45, 7) is 6.21. The summed E-state index contributed by atoms with van der Waals surface area (Å²) in [7, 11) is 2.99. The number of hydrogen-bond donors (Lipinski definition) is 0. The first kappa shape index (κ1) is 26.4. The molecule has 0 aromatic heterocycles. The molecular weight excluding hydrogens is 492 g/mol. The first-order valence-electron chi connectivity index (χ1n) is 10.3. The van der Waals surface area contributed by atoms with Crippen molar-refractivity contribution in [1.29, 1.82) is 0 Å². The molecule has 1 unspecified atom stereocenters. The molecule has 0 saturated heterocycles. The summed E-state index contributed by atoms with van der Waals surface area (Å²) in [5.41, 5.74) is -1.83. The Balaban J connectivity index is 2.70. The van der Waals surface area contributed by atoms with Gasteiger partial charge in [0.05, 0.1) is 19.8 Å². The third-order valence-electron chi connectivity index (χ3n) is 4.92. The Hall–Kier alpha value is -2.87. The average molecular weight is 521 g/mol. The van der Waals surface area contributed by atoms with Crippen LogP contribution in [0.25, 0.3) is 0 Å². The summed E-state index contributed by atoms with van der Waals surface area (Å²) in [5.74, 6) is -1.52. The molecule has 7 nitrogen and oxygen atoms in total. The number of halogens is 1. The zero-order valence-electron chi connectivity index (χ0n) is 19.7. The fourth-order valence-corrected chi connectivity index (χ4v) is 3.88. The third-order valence-corrected chi connectivity index (χ3v) is 5.48. The molecule has 0 aliphatic heterocycles. The van der Waals surface area contributed by atoms with Crippen LogP contribution >= 0.6 is 15.9 Å². The molecule has 33 heavy (non-hydrogen) atoms. The van der Waals surface area contributed by atoms with E-state index in [1.54, 1.807) is 63.2 Å². The second kappa shape index (κ2) is 10.8. The lowest BCUT2D eigenvalue weighted by atomic mass is 9.87. The summed E-state index contributed by atoms with van der Waals surface area (Å²) >= 11 is 3.44. The Morgan fingerprint density at radius 3 is 1.85 bits per heavy atom. The van der Waals surface area contributed by atoms with Gasteiger partial charge in [0.25, 0.3) is 5.60 Å². The molecule has 8 heteroatoms. The largest absolute Gasteiger partial charge is 0.496 e. The fourth-order valence-electron chi connectivity index (χ4n) is 3.26. The van der Waals surface area contributed by atoms with Gasteiger partial charge in [-0.05, 0) is 52.0 Å². The van der Waals surface area contributed by atoms with Gasteiger partial charge in [0.2, 0.25) is 0 Å². The van der Waals surface area contributed by atoms with E-state index in [0.717, 1.165) is 0 Å². The number of rotatable bonds is 9. The smallest absolute Gasteiger partial charge is 0.359 e. The molecule has 2 aromatic rings. The van der Waals surface area contributed by atoms with Crippen LogP contribution in [0.3, 0.4) is 0 Å². The van der Waals surface area contributed by atoms with Crippen LogP contribution in [0.5, 0.6) is 11.5 Å². The first-order chi connectivity index (χ1) is 15.5. The van der Waals surface area contributed by atoms with E-state index in [9.17, 15) is 14.4 Å². The van der Waals surface area contributed by atoms with Crippen molar-refractivity contribution < 1.29 is 33.3 Å². The van der Waals surface area contributed by atoms with E-state index >= 15 is 0 Å². The zero-order chi connectivity index (χ0) is 24.8. The van der Waals surface area contributed by atoms with Crippen molar-refractivity contribution in [3.05, 3.63) is 59.2 Å². The number of ketones is 1. The van der Waals surface area contributed by atoms with Crippen LogP contribution in [0.1, 0.15) is 49.2 Å². The topological polar surface area (TPSA) is 88.1 Å². The van der Waals surface area contributed by atoms with Gasteiger partial charge in [0, 0.05) is 22.9 Å². The zero-order valence-corrected chi connectivity index (χ0v) is 21.3. The molecule has 0 fully saturated rings. The van der Waals surface area contributed by atoms with E-state index in [1.807, 2.05) is 0 Å². The first-order valence-corrected chi connectivity index (χ1v) is 11.4. The minimum absolute atomic E-state index is 0.199. The number of hydrogen-bond acceptors (Lipinski definition) is 7. The Labute approximate surface area is 202 Å². The van der Waals surface area contributed by atoms with E-state index in [0.29, 0.717) is 28.0 Å². The average Bonchev–Trinajstić information content (AvgIpc) is 2.77. The van der Waals surface area contributed by atoms with Crippen molar-refractivity contribution in [2.24, 2.45) is 0 Å². The quantitative estimate of drug-likeness (QED) is 0.269. The van der Waals surface area contributed by atoms with Gasteiger partial charge in [0.1, 0.15) is 17.1 Å². The van der Waals surface area contributed by atoms with Gasteiger partial charge in [0.15, 0.2) is 5.78 Å². The van der Waals surface area contributed by atoms with Crippen molar-refractivity contribution in [3.8, 4) is 11.5 Å².